The number of hydrogen-bond acceptors (Lipinski definition) is 5. The highest BCUT2D eigenvalue weighted by Gasteiger charge is 2.32. The van der Waals surface area contributed by atoms with Crippen LogP contribution < -0.4 is 16.1 Å². The molecule has 1 unspecified atom stereocenters. The Balaban J connectivity index is 0.00000240. The van der Waals surface area contributed by atoms with Crippen molar-refractivity contribution in [1.29, 1.82) is 0 Å². The van der Waals surface area contributed by atoms with Gasteiger partial charge in [-0.25, -0.2) is 9.18 Å². The minimum Gasteiger partial charge on any atom is -0.477 e. The number of carbonyl (C=O) groups is 1. The molecule has 1 aromatic heterocycles. The molecule has 0 bridgehead atoms. The van der Waals surface area contributed by atoms with E-state index in [1.165, 1.54) is 6.20 Å². The van der Waals surface area contributed by atoms with Crippen LogP contribution in [0.3, 0.4) is 0 Å². The number of benzene rings is 1. The molecule has 2 fully saturated rings. The number of pyridine rings is 1. The Morgan fingerprint density at radius 2 is 2.03 bits per heavy atom. The quantitative estimate of drug-likeness (QED) is 0.717. The van der Waals surface area contributed by atoms with Gasteiger partial charge in [-0.2, -0.15) is 0 Å². The van der Waals surface area contributed by atoms with Crippen LogP contribution >= 0.6 is 12.4 Å². The predicted molar refractivity (Wildman–Crippen MR) is 114 cm³/mol. The first kappa shape index (κ1) is 21.4. The summed E-state index contributed by atoms with van der Waals surface area (Å²) in [6.45, 7) is 2.32. The zero-order chi connectivity index (χ0) is 20.2. The van der Waals surface area contributed by atoms with Crippen molar-refractivity contribution in [3.8, 4) is 0 Å². The molecule has 0 spiro atoms. The van der Waals surface area contributed by atoms with E-state index in [4.69, 9.17) is 5.73 Å². The number of anilines is 2. The predicted octanol–water partition coefficient (Wildman–Crippen LogP) is 2.57. The fourth-order valence-corrected chi connectivity index (χ4v) is 4.32. The van der Waals surface area contributed by atoms with Crippen molar-refractivity contribution in [2.75, 3.05) is 44.4 Å². The van der Waals surface area contributed by atoms with Crippen LogP contribution in [-0.2, 0) is 0 Å². The van der Waals surface area contributed by atoms with Gasteiger partial charge in [-0.1, -0.05) is 0 Å². The summed E-state index contributed by atoms with van der Waals surface area (Å²) >= 11 is 0. The van der Waals surface area contributed by atoms with Crippen LogP contribution in [0.25, 0.3) is 10.9 Å². The summed E-state index contributed by atoms with van der Waals surface area (Å²) in [5.74, 6) is -1.46. The number of aromatic nitrogens is 1. The van der Waals surface area contributed by atoms with Crippen LogP contribution in [0.2, 0.25) is 0 Å². The lowest BCUT2D eigenvalue weighted by atomic mass is 10.1. The number of nitrogens with two attached hydrogens (primary N) is 1. The second-order valence-electron chi connectivity index (χ2n) is 8.20. The van der Waals surface area contributed by atoms with Gasteiger partial charge in [0.05, 0.1) is 22.3 Å². The maximum Gasteiger partial charge on any atom is 0.341 e. The van der Waals surface area contributed by atoms with Gasteiger partial charge in [0, 0.05) is 31.9 Å². The molecular weight excluding hydrogens is 399 g/mol. The Labute approximate surface area is 174 Å². The molecule has 158 valence electrons. The van der Waals surface area contributed by atoms with E-state index in [0.29, 0.717) is 30.2 Å². The molecule has 7 nitrogen and oxygen atoms in total. The number of nitrogen functional groups attached to an aromatic ring is 1. The number of aromatic carboxylic acids is 1. The Bertz CT molecular complexity index is 1020. The van der Waals surface area contributed by atoms with E-state index in [9.17, 15) is 14.7 Å². The highest BCUT2D eigenvalue weighted by molar-refractivity contribution is 6.00. The van der Waals surface area contributed by atoms with E-state index in [1.807, 2.05) is 19.0 Å². The van der Waals surface area contributed by atoms with Gasteiger partial charge < -0.3 is 25.2 Å². The molecule has 29 heavy (non-hydrogen) atoms. The number of fused-ring (bicyclic) bond motifs is 1. The van der Waals surface area contributed by atoms with E-state index < -0.39 is 17.2 Å². The van der Waals surface area contributed by atoms with Crippen LogP contribution in [0.15, 0.2) is 17.1 Å². The Morgan fingerprint density at radius 1 is 1.34 bits per heavy atom. The molecule has 9 heteroatoms. The van der Waals surface area contributed by atoms with E-state index in [0.717, 1.165) is 31.9 Å². The molecule has 2 heterocycles. The standard InChI is InChI=1S/C20H25FN4O3.ClH/c1-23(2)8-11-5-6-24(9-11)18-15(21)7-13-17(16(18)22)25(12-3-4-12)10-14(19(13)26)20(27)28;/h7,10-12H,3-6,8-9,22H2,1-2H3,(H,27,28);1H. The lowest BCUT2D eigenvalue weighted by Gasteiger charge is -2.24. The largest absolute Gasteiger partial charge is 0.477 e. The van der Waals surface area contributed by atoms with Crippen LogP contribution in [-0.4, -0.2) is 54.3 Å². The van der Waals surface area contributed by atoms with E-state index in [2.05, 4.69) is 4.90 Å². The summed E-state index contributed by atoms with van der Waals surface area (Å²) in [6.07, 6.45) is 4.08. The van der Waals surface area contributed by atoms with E-state index in [-0.39, 0.29) is 35.1 Å². The van der Waals surface area contributed by atoms with Gasteiger partial charge in [0.1, 0.15) is 11.4 Å². The van der Waals surface area contributed by atoms with E-state index in [1.54, 1.807) is 4.57 Å². The number of hydrogen-bond donors (Lipinski definition) is 2. The first-order valence-electron chi connectivity index (χ1n) is 9.57. The molecule has 0 amide bonds. The number of carboxylic acids is 1. The van der Waals surface area contributed by atoms with Crippen molar-refractivity contribution in [2.45, 2.75) is 25.3 Å². The van der Waals surface area contributed by atoms with Gasteiger partial charge in [-0.05, 0) is 45.3 Å². The van der Waals surface area contributed by atoms with Gasteiger partial charge in [-0.15, -0.1) is 12.4 Å². The van der Waals surface area contributed by atoms with Gasteiger partial charge in [-0.3, -0.25) is 4.79 Å². The number of rotatable bonds is 5. The minimum atomic E-state index is -1.31. The maximum absolute atomic E-state index is 15.1. The average molecular weight is 425 g/mol. The third-order valence-electron chi connectivity index (χ3n) is 5.67. The molecule has 1 atom stereocenters. The fraction of sp³-hybridized carbons (Fsp3) is 0.500. The normalized spacial score (nSPS) is 19.0. The Kier molecular flexibility index (Phi) is 5.78. The topological polar surface area (TPSA) is 91.8 Å². The SMILES string of the molecule is CN(C)CC1CCN(c2c(F)cc3c(=O)c(C(=O)O)cn(C4CC4)c3c2N)C1.Cl. The third kappa shape index (κ3) is 3.79. The smallest absolute Gasteiger partial charge is 0.341 e. The first-order chi connectivity index (χ1) is 13.3. The monoisotopic (exact) mass is 424 g/mol. The second kappa shape index (κ2) is 7.84. The molecule has 1 aliphatic heterocycles. The minimum absolute atomic E-state index is 0. The third-order valence-corrected chi connectivity index (χ3v) is 5.67. The molecule has 1 aliphatic carbocycles. The summed E-state index contributed by atoms with van der Waals surface area (Å²) in [6, 6.07) is 1.26. The number of halogens is 2. The highest BCUT2D eigenvalue weighted by atomic mass is 35.5. The number of carboxylic acid groups (broad SMARTS) is 1. The molecular formula is C20H26ClFN4O3. The van der Waals surface area contributed by atoms with Gasteiger partial charge in [0.2, 0.25) is 5.43 Å². The molecule has 1 aromatic carbocycles. The van der Waals surface area contributed by atoms with Gasteiger partial charge in [0.15, 0.2) is 0 Å². The fourth-order valence-electron chi connectivity index (χ4n) is 4.32. The van der Waals surface area contributed by atoms with Crippen molar-refractivity contribution in [1.82, 2.24) is 9.47 Å². The zero-order valence-corrected chi connectivity index (χ0v) is 17.3. The summed E-state index contributed by atoms with van der Waals surface area (Å²) in [5, 5.41) is 9.40. The molecule has 0 radical (unpaired) electrons. The van der Waals surface area contributed by atoms with Crippen molar-refractivity contribution in [2.24, 2.45) is 5.92 Å². The second-order valence-corrected chi connectivity index (χ2v) is 8.20. The van der Waals surface area contributed by atoms with Crippen molar-refractivity contribution in [3.05, 3.63) is 33.9 Å². The van der Waals surface area contributed by atoms with Crippen LogP contribution in [0, 0.1) is 11.7 Å². The van der Waals surface area contributed by atoms with Crippen LogP contribution in [0.1, 0.15) is 35.7 Å². The van der Waals surface area contributed by atoms with Crippen molar-refractivity contribution >= 4 is 40.7 Å². The van der Waals surface area contributed by atoms with Crippen LogP contribution in [0.4, 0.5) is 15.8 Å². The van der Waals surface area contributed by atoms with Crippen molar-refractivity contribution in [3.63, 3.8) is 0 Å². The number of nitrogens with zero attached hydrogens (tertiary/aromatic N) is 3. The zero-order valence-electron chi connectivity index (χ0n) is 16.5. The lowest BCUT2D eigenvalue weighted by Crippen LogP contribution is -2.27. The molecule has 2 aromatic rings. The summed E-state index contributed by atoms with van der Waals surface area (Å²) in [5.41, 5.74) is 6.37. The van der Waals surface area contributed by atoms with E-state index >= 15 is 4.39 Å². The molecule has 3 N–H and O–H groups in total. The Hall–Kier alpha value is -2.32. The molecule has 2 aliphatic rings. The summed E-state index contributed by atoms with van der Waals surface area (Å²) in [4.78, 5) is 28.2. The lowest BCUT2D eigenvalue weighted by molar-refractivity contribution is 0.0695. The highest BCUT2D eigenvalue weighted by Crippen LogP contribution is 2.42. The van der Waals surface area contributed by atoms with Gasteiger partial charge in [0.25, 0.3) is 0 Å². The molecule has 1 saturated carbocycles. The Morgan fingerprint density at radius 3 is 2.62 bits per heavy atom. The van der Waals surface area contributed by atoms with Crippen LogP contribution in [0.5, 0.6) is 0 Å². The maximum atomic E-state index is 15.1. The first-order valence-corrected chi connectivity index (χ1v) is 9.57. The van der Waals surface area contributed by atoms with Gasteiger partial charge >= 0.3 is 5.97 Å². The van der Waals surface area contributed by atoms with Crippen molar-refractivity contribution < 1.29 is 14.3 Å². The molecule has 4 rings (SSSR count). The molecule has 1 saturated heterocycles. The summed E-state index contributed by atoms with van der Waals surface area (Å²) in [7, 11) is 4.03. The average Bonchev–Trinajstić information content (AvgIpc) is 3.36. The summed E-state index contributed by atoms with van der Waals surface area (Å²) < 4.78 is 16.8.